The van der Waals surface area contributed by atoms with Gasteiger partial charge in [0, 0.05) is 38.6 Å². The molecule has 1 amide bonds. The zero-order valence-corrected chi connectivity index (χ0v) is 15.0. The Kier molecular flexibility index (Phi) is 4.69. The third-order valence-corrected chi connectivity index (χ3v) is 4.53. The van der Waals surface area contributed by atoms with Gasteiger partial charge in [0.1, 0.15) is 0 Å². The van der Waals surface area contributed by atoms with Crippen LogP contribution in [0.1, 0.15) is 10.5 Å². The van der Waals surface area contributed by atoms with Crippen molar-refractivity contribution in [2.45, 2.75) is 0 Å². The van der Waals surface area contributed by atoms with Gasteiger partial charge in [-0.1, -0.05) is 18.2 Å². The summed E-state index contributed by atoms with van der Waals surface area (Å²) in [6, 6.07) is 11.4. The van der Waals surface area contributed by atoms with Crippen LogP contribution in [0.15, 0.2) is 55.0 Å². The second-order valence-electron chi connectivity index (χ2n) is 6.15. The molecule has 0 radical (unpaired) electrons. The first-order valence-electron chi connectivity index (χ1n) is 8.76. The highest BCUT2D eigenvalue weighted by atomic mass is 16.5. The van der Waals surface area contributed by atoms with Crippen molar-refractivity contribution in [2.24, 2.45) is 0 Å². The molecule has 0 unspecified atom stereocenters. The van der Waals surface area contributed by atoms with Crippen LogP contribution in [0.2, 0.25) is 0 Å². The Morgan fingerprint density at radius 3 is 2.37 bits per heavy atom. The summed E-state index contributed by atoms with van der Waals surface area (Å²) in [5.74, 6) is 1.03. The van der Waals surface area contributed by atoms with E-state index < -0.39 is 0 Å². The monoisotopic (exact) mass is 364 g/mol. The van der Waals surface area contributed by atoms with Crippen molar-refractivity contribution < 1.29 is 9.53 Å². The van der Waals surface area contributed by atoms with Crippen molar-refractivity contribution in [1.29, 1.82) is 0 Å². The van der Waals surface area contributed by atoms with Crippen LogP contribution < -0.4 is 9.64 Å². The number of amides is 1. The SMILES string of the molecule is COc1cn(-c2ccccc2)nc1C(=O)N1CCN(c2ncccn2)CC1. The largest absolute Gasteiger partial charge is 0.493 e. The molecule has 1 saturated heterocycles. The summed E-state index contributed by atoms with van der Waals surface area (Å²) in [5, 5.41) is 4.47. The topological polar surface area (TPSA) is 76.4 Å². The van der Waals surface area contributed by atoms with Gasteiger partial charge >= 0.3 is 0 Å². The van der Waals surface area contributed by atoms with Crippen LogP contribution in [0, 0.1) is 0 Å². The van der Waals surface area contributed by atoms with Crippen LogP contribution in [-0.2, 0) is 0 Å². The first kappa shape index (κ1) is 17.0. The number of hydrogen-bond acceptors (Lipinski definition) is 6. The Labute approximate surface area is 157 Å². The van der Waals surface area contributed by atoms with Gasteiger partial charge in [0.2, 0.25) is 5.95 Å². The van der Waals surface area contributed by atoms with Crippen LogP contribution in [0.25, 0.3) is 5.69 Å². The molecule has 0 atom stereocenters. The van der Waals surface area contributed by atoms with E-state index >= 15 is 0 Å². The number of anilines is 1. The predicted octanol–water partition coefficient (Wildman–Crippen LogP) is 1.63. The van der Waals surface area contributed by atoms with Gasteiger partial charge in [0.15, 0.2) is 11.4 Å². The lowest BCUT2D eigenvalue weighted by atomic mass is 10.2. The van der Waals surface area contributed by atoms with E-state index in [9.17, 15) is 4.79 Å². The van der Waals surface area contributed by atoms with Gasteiger partial charge in [-0.15, -0.1) is 0 Å². The number of hydrogen-bond donors (Lipinski definition) is 0. The van der Waals surface area contributed by atoms with E-state index in [1.807, 2.05) is 30.3 Å². The Bertz CT molecular complexity index is 904. The first-order chi connectivity index (χ1) is 13.3. The number of methoxy groups -OCH3 is 1. The molecule has 0 saturated carbocycles. The molecule has 1 fully saturated rings. The van der Waals surface area contributed by atoms with Gasteiger partial charge < -0.3 is 14.5 Å². The highest BCUT2D eigenvalue weighted by Crippen LogP contribution is 2.22. The maximum Gasteiger partial charge on any atom is 0.278 e. The van der Waals surface area contributed by atoms with Crippen LogP contribution in [-0.4, -0.2) is 63.8 Å². The molecule has 138 valence electrons. The summed E-state index contributed by atoms with van der Waals surface area (Å²) in [5.41, 5.74) is 1.20. The molecule has 0 N–H and O–H groups in total. The molecule has 4 rings (SSSR count). The van der Waals surface area contributed by atoms with Crippen molar-refractivity contribution in [3.8, 4) is 11.4 Å². The number of piperazine rings is 1. The van der Waals surface area contributed by atoms with E-state index in [0.717, 1.165) is 5.69 Å². The van der Waals surface area contributed by atoms with E-state index in [1.54, 1.807) is 41.3 Å². The van der Waals surface area contributed by atoms with Crippen LogP contribution in [0.5, 0.6) is 5.75 Å². The fraction of sp³-hybridized carbons (Fsp3) is 0.263. The minimum absolute atomic E-state index is 0.129. The van der Waals surface area contributed by atoms with Gasteiger partial charge in [-0.2, -0.15) is 5.10 Å². The van der Waals surface area contributed by atoms with Crippen LogP contribution in [0.4, 0.5) is 5.95 Å². The van der Waals surface area contributed by atoms with Crippen LogP contribution in [0.3, 0.4) is 0 Å². The summed E-state index contributed by atoms with van der Waals surface area (Å²) < 4.78 is 7.06. The van der Waals surface area contributed by atoms with Gasteiger partial charge in [-0.3, -0.25) is 4.79 Å². The second kappa shape index (κ2) is 7.45. The number of carbonyl (C=O) groups is 1. The van der Waals surface area contributed by atoms with Crippen LogP contribution >= 0.6 is 0 Å². The van der Waals surface area contributed by atoms with Crippen molar-refractivity contribution in [1.82, 2.24) is 24.6 Å². The molecule has 1 aliphatic rings. The van der Waals surface area contributed by atoms with E-state index in [4.69, 9.17) is 4.74 Å². The Morgan fingerprint density at radius 2 is 1.70 bits per heavy atom. The fourth-order valence-electron chi connectivity index (χ4n) is 3.08. The van der Waals surface area contributed by atoms with E-state index in [1.165, 1.54) is 0 Å². The summed E-state index contributed by atoms with van der Waals surface area (Å²) in [7, 11) is 1.55. The quantitative estimate of drug-likeness (QED) is 0.700. The third-order valence-electron chi connectivity index (χ3n) is 4.53. The number of benzene rings is 1. The van der Waals surface area contributed by atoms with Crippen molar-refractivity contribution in [3.05, 3.63) is 60.7 Å². The number of para-hydroxylation sites is 1. The Hall–Kier alpha value is -3.42. The average molecular weight is 364 g/mol. The number of rotatable bonds is 4. The van der Waals surface area contributed by atoms with E-state index in [2.05, 4.69) is 20.0 Å². The third kappa shape index (κ3) is 3.46. The molecular weight excluding hydrogens is 344 g/mol. The van der Waals surface area contributed by atoms with Gasteiger partial charge in [0.05, 0.1) is 19.0 Å². The van der Waals surface area contributed by atoms with E-state index in [-0.39, 0.29) is 5.91 Å². The maximum absolute atomic E-state index is 13.0. The number of nitrogens with zero attached hydrogens (tertiary/aromatic N) is 6. The molecule has 8 nitrogen and oxygen atoms in total. The highest BCUT2D eigenvalue weighted by molar-refractivity contribution is 5.95. The molecule has 1 aliphatic heterocycles. The minimum atomic E-state index is -0.129. The molecule has 2 aromatic heterocycles. The molecule has 1 aromatic carbocycles. The molecule has 0 aliphatic carbocycles. The lowest BCUT2D eigenvalue weighted by molar-refractivity contribution is 0.0736. The predicted molar refractivity (Wildman–Crippen MR) is 100 cm³/mol. The molecular formula is C19H20N6O2. The molecule has 3 aromatic rings. The highest BCUT2D eigenvalue weighted by Gasteiger charge is 2.27. The summed E-state index contributed by atoms with van der Waals surface area (Å²) >= 11 is 0. The lowest BCUT2D eigenvalue weighted by Crippen LogP contribution is -2.49. The summed E-state index contributed by atoms with van der Waals surface area (Å²) in [6.07, 6.45) is 5.18. The summed E-state index contributed by atoms with van der Waals surface area (Å²) in [6.45, 7) is 2.52. The number of ether oxygens (including phenoxy) is 1. The molecule has 8 heteroatoms. The molecule has 0 spiro atoms. The second-order valence-corrected chi connectivity index (χ2v) is 6.15. The van der Waals surface area contributed by atoms with Crippen molar-refractivity contribution >= 4 is 11.9 Å². The van der Waals surface area contributed by atoms with Gasteiger partial charge in [0.25, 0.3) is 5.91 Å². The van der Waals surface area contributed by atoms with Gasteiger partial charge in [-0.05, 0) is 18.2 Å². The van der Waals surface area contributed by atoms with Gasteiger partial charge in [-0.25, -0.2) is 14.6 Å². The Balaban J connectivity index is 1.49. The molecule has 3 heterocycles. The molecule has 27 heavy (non-hydrogen) atoms. The van der Waals surface area contributed by atoms with E-state index in [0.29, 0.717) is 43.6 Å². The normalized spacial score (nSPS) is 14.3. The smallest absolute Gasteiger partial charge is 0.278 e. The lowest BCUT2D eigenvalue weighted by Gasteiger charge is -2.34. The minimum Gasteiger partial charge on any atom is -0.493 e. The first-order valence-corrected chi connectivity index (χ1v) is 8.76. The number of aromatic nitrogens is 4. The summed E-state index contributed by atoms with van der Waals surface area (Å²) in [4.78, 5) is 25.4. The standard InChI is InChI=1S/C19H20N6O2/c1-27-16-14-25(15-6-3-2-4-7-15)22-17(16)18(26)23-10-12-24(13-11-23)19-20-8-5-9-21-19/h2-9,14H,10-13H2,1H3. The maximum atomic E-state index is 13.0. The van der Waals surface area contributed by atoms with Crippen molar-refractivity contribution in [3.63, 3.8) is 0 Å². The molecule has 0 bridgehead atoms. The Morgan fingerprint density at radius 1 is 1.00 bits per heavy atom. The zero-order valence-electron chi connectivity index (χ0n) is 15.0. The fourth-order valence-corrected chi connectivity index (χ4v) is 3.08. The zero-order chi connectivity index (χ0) is 18.6. The average Bonchev–Trinajstić information content (AvgIpc) is 3.19. The van der Waals surface area contributed by atoms with Crippen molar-refractivity contribution in [2.75, 3.05) is 38.2 Å². The number of carbonyl (C=O) groups excluding carboxylic acids is 1.